The van der Waals surface area contributed by atoms with Crippen LogP contribution in [0.3, 0.4) is 0 Å². The van der Waals surface area contributed by atoms with Crippen molar-refractivity contribution in [2.24, 2.45) is 0 Å². The van der Waals surface area contributed by atoms with E-state index in [0.29, 0.717) is 5.39 Å². The van der Waals surface area contributed by atoms with E-state index in [9.17, 15) is 10.1 Å². The highest BCUT2D eigenvalue weighted by atomic mass is 16.6. The van der Waals surface area contributed by atoms with Crippen LogP contribution in [0.2, 0.25) is 0 Å². The monoisotopic (exact) mass is 254 g/mol. The molecule has 0 aliphatic rings. The lowest BCUT2D eigenvalue weighted by atomic mass is 10.1. The molecule has 0 bridgehead atoms. The van der Waals surface area contributed by atoms with Crippen LogP contribution < -0.4 is 0 Å². The molecule has 0 fully saturated rings. The molecule has 0 atom stereocenters. The van der Waals surface area contributed by atoms with Crippen LogP contribution in [-0.2, 0) is 0 Å². The molecule has 2 N–H and O–H groups in total. The number of benzene rings is 1. The predicted octanol–water partition coefficient (Wildman–Crippen LogP) is 2.97. The van der Waals surface area contributed by atoms with Crippen molar-refractivity contribution in [1.82, 2.24) is 15.2 Å². The van der Waals surface area contributed by atoms with E-state index >= 15 is 0 Å². The molecule has 19 heavy (non-hydrogen) atoms. The van der Waals surface area contributed by atoms with Gasteiger partial charge in [-0.2, -0.15) is 5.10 Å². The molecule has 0 radical (unpaired) electrons. The van der Waals surface area contributed by atoms with Crippen molar-refractivity contribution in [3.8, 4) is 0 Å². The summed E-state index contributed by atoms with van der Waals surface area (Å²) in [5.41, 5.74) is 2.45. The van der Waals surface area contributed by atoms with Crippen LogP contribution >= 0.6 is 0 Å². The van der Waals surface area contributed by atoms with Gasteiger partial charge >= 0.3 is 0 Å². The molecule has 3 aromatic rings. The summed E-state index contributed by atoms with van der Waals surface area (Å²) in [5.74, 6) is 0. The molecule has 6 nitrogen and oxygen atoms in total. The highest BCUT2D eigenvalue weighted by Crippen LogP contribution is 2.27. The maximum absolute atomic E-state index is 11.0. The summed E-state index contributed by atoms with van der Waals surface area (Å²) in [4.78, 5) is 13.7. The average molecular weight is 254 g/mol. The second kappa shape index (κ2) is 4.41. The van der Waals surface area contributed by atoms with Gasteiger partial charge in [0, 0.05) is 18.5 Å². The van der Waals surface area contributed by atoms with Crippen molar-refractivity contribution < 1.29 is 4.92 Å². The molecule has 2 heterocycles. The summed E-state index contributed by atoms with van der Waals surface area (Å²) in [6, 6.07) is 6.95. The number of nitrogens with zero attached hydrogens (tertiary/aromatic N) is 2. The first-order valence-electron chi connectivity index (χ1n) is 5.67. The Labute approximate surface area is 107 Å². The van der Waals surface area contributed by atoms with Crippen LogP contribution in [0.5, 0.6) is 0 Å². The van der Waals surface area contributed by atoms with Crippen molar-refractivity contribution in [2.45, 2.75) is 0 Å². The second-order valence-corrected chi connectivity index (χ2v) is 4.08. The number of aromatic nitrogens is 3. The normalized spacial score (nSPS) is 11.4. The highest BCUT2D eigenvalue weighted by Gasteiger charge is 2.13. The zero-order chi connectivity index (χ0) is 13.2. The van der Waals surface area contributed by atoms with Crippen molar-refractivity contribution in [1.29, 1.82) is 0 Å². The second-order valence-electron chi connectivity index (χ2n) is 4.08. The number of H-pyrrole nitrogens is 2. The van der Waals surface area contributed by atoms with E-state index in [2.05, 4.69) is 15.2 Å². The van der Waals surface area contributed by atoms with E-state index in [1.54, 1.807) is 30.6 Å². The fourth-order valence-corrected chi connectivity index (χ4v) is 1.96. The number of fused-ring (bicyclic) bond motifs is 1. The minimum atomic E-state index is -0.371. The summed E-state index contributed by atoms with van der Waals surface area (Å²) in [5, 5.41) is 18.3. The Balaban J connectivity index is 2.07. The molecule has 2 aromatic heterocycles. The average Bonchev–Trinajstić information content (AvgIpc) is 3.06. The van der Waals surface area contributed by atoms with E-state index in [1.807, 2.05) is 18.2 Å². The first-order valence-corrected chi connectivity index (χ1v) is 5.67. The lowest BCUT2D eigenvalue weighted by molar-refractivity contribution is -0.383. The summed E-state index contributed by atoms with van der Waals surface area (Å²) in [7, 11) is 0. The van der Waals surface area contributed by atoms with E-state index in [4.69, 9.17) is 0 Å². The molecule has 0 amide bonds. The van der Waals surface area contributed by atoms with Gasteiger partial charge in [-0.3, -0.25) is 15.2 Å². The smallest absolute Gasteiger partial charge is 0.279 e. The number of nitro groups is 1. The molecule has 0 aliphatic carbocycles. The van der Waals surface area contributed by atoms with Crippen LogP contribution in [0, 0.1) is 10.1 Å². The molecule has 1 aromatic carbocycles. The fourth-order valence-electron chi connectivity index (χ4n) is 1.96. The van der Waals surface area contributed by atoms with Gasteiger partial charge in [-0.05, 0) is 29.8 Å². The third kappa shape index (κ3) is 2.11. The maximum atomic E-state index is 11.0. The van der Waals surface area contributed by atoms with E-state index in [1.165, 1.54) is 0 Å². The van der Waals surface area contributed by atoms with E-state index in [-0.39, 0.29) is 10.6 Å². The first kappa shape index (κ1) is 11.2. The lowest BCUT2D eigenvalue weighted by Gasteiger charge is -1.97. The van der Waals surface area contributed by atoms with Crippen LogP contribution in [0.25, 0.3) is 23.1 Å². The Morgan fingerprint density at radius 3 is 2.89 bits per heavy atom. The standard InChI is InChI=1S/C13H10N4O2/c18-17(19)13-8-9(1-2-10-3-6-15-16-10)7-12-11(13)4-5-14-12/h1-8,14H,(H,15,16)/b2-1+. The van der Waals surface area contributed by atoms with Gasteiger partial charge in [0.05, 0.1) is 21.5 Å². The predicted molar refractivity (Wildman–Crippen MR) is 72.5 cm³/mol. The topological polar surface area (TPSA) is 87.6 Å². The van der Waals surface area contributed by atoms with Crippen LogP contribution in [0.15, 0.2) is 36.7 Å². The Kier molecular flexibility index (Phi) is 2.60. The number of nitrogens with one attached hydrogen (secondary N) is 2. The molecule has 0 saturated heterocycles. The Morgan fingerprint density at radius 1 is 1.26 bits per heavy atom. The summed E-state index contributed by atoms with van der Waals surface area (Å²) in [6.45, 7) is 0. The maximum Gasteiger partial charge on any atom is 0.279 e. The number of nitro benzene ring substituents is 1. The number of hydrogen-bond donors (Lipinski definition) is 2. The van der Waals surface area contributed by atoms with Crippen LogP contribution in [-0.4, -0.2) is 20.1 Å². The van der Waals surface area contributed by atoms with E-state index in [0.717, 1.165) is 16.8 Å². The molecular formula is C13H10N4O2. The van der Waals surface area contributed by atoms with Gasteiger partial charge in [-0.25, -0.2) is 0 Å². The molecule has 0 saturated carbocycles. The van der Waals surface area contributed by atoms with Gasteiger partial charge in [-0.1, -0.05) is 6.08 Å². The highest BCUT2D eigenvalue weighted by molar-refractivity contribution is 5.91. The summed E-state index contributed by atoms with van der Waals surface area (Å²) < 4.78 is 0. The van der Waals surface area contributed by atoms with Crippen molar-refractivity contribution in [3.05, 3.63) is 58.0 Å². The third-order valence-corrected chi connectivity index (χ3v) is 2.84. The largest absolute Gasteiger partial charge is 0.361 e. The number of non-ortho nitro benzene ring substituents is 1. The van der Waals surface area contributed by atoms with Gasteiger partial charge in [-0.15, -0.1) is 0 Å². The van der Waals surface area contributed by atoms with Crippen molar-refractivity contribution in [3.63, 3.8) is 0 Å². The molecule has 6 heteroatoms. The van der Waals surface area contributed by atoms with Crippen molar-refractivity contribution >= 4 is 28.7 Å². The van der Waals surface area contributed by atoms with Crippen LogP contribution in [0.1, 0.15) is 11.3 Å². The summed E-state index contributed by atoms with van der Waals surface area (Å²) in [6.07, 6.45) is 6.97. The molecule has 0 spiro atoms. The number of hydrogen-bond acceptors (Lipinski definition) is 3. The van der Waals surface area contributed by atoms with Crippen molar-refractivity contribution in [2.75, 3.05) is 0 Å². The number of aromatic amines is 2. The van der Waals surface area contributed by atoms with Gasteiger partial charge in [0.25, 0.3) is 5.69 Å². The molecule has 0 unspecified atom stereocenters. The fraction of sp³-hybridized carbons (Fsp3) is 0. The van der Waals surface area contributed by atoms with Gasteiger partial charge in [0.2, 0.25) is 0 Å². The minimum Gasteiger partial charge on any atom is -0.361 e. The van der Waals surface area contributed by atoms with Gasteiger partial charge in [0.15, 0.2) is 0 Å². The SMILES string of the molecule is O=[N+]([O-])c1cc(/C=C/c2ccn[nH]2)cc2[nH]ccc12. The number of rotatable bonds is 3. The van der Waals surface area contributed by atoms with E-state index < -0.39 is 0 Å². The molecule has 3 rings (SSSR count). The van der Waals surface area contributed by atoms with Gasteiger partial charge < -0.3 is 4.98 Å². The zero-order valence-corrected chi connectivity index (χ0v) is 9.83. The van der Waals surface area contributed by atoms with Crippen LogP contribution in [0.4, 0.5) is 5.69 Å². The minimum absolute atomic E-state index is 0.100. The summed E-state index contributed by atoms with van der Waals surface area (Å²) >= 11 is 0. The molecule has 0 aliphatic heterocycles. The molecular weight excluding hydrogens is 244 g/mol. The zero-order valence-electron chi connectivity index (χ0n) is 9.83. The Bertz CT molecular complexity index is 756. The van der Waals surface area contributed by atoms with Gasteiger partial charge in [0.1, 0.15) is 0 Å². The Hall–Kier alpha value is -2.89. The third-order valence-electron chi connectivity index (χ3n) is 2.84. The lowest BCUT2D eigenvalue weighted by Crippen LogP contribution is -1.89. The first-order chi connectivity index (χ1) is 9.24. The Morgan fingerprint density at radius 2 is 2.16 bits per heavy atom. The molecule has 94 valence electrons. The quantitative estimate of drug-likeness (QED) is 0.556.